The number of ether oxygens (including phenoxy) is 2. The number of H-pyrrole nitrogens is 1. The quantitative estimate of drug-likeness (QED) is 0.810. The van der Waals surface area contributed by atoms with Gasteiger partial charge in [-0.15, -0.1) is 0 Å². The molecule has 2 N–H and O–H groups in total. The zero-order valence-electron chi connectivity index (χ0n) is 10.9. The molecule has 1 fully saturated rings. The fraction of sp³-hybridized carbons (Fsp3) is 0.636. The molecule has 10 heteroatoms. The first-order valence-corrected chi connectivity index (χ1v) is 5.99. The smallest absolute Gasteiger partial charge is 0.390 e. The number of hydrogen-bond donors (Lipinski definition) is 2. The van der Waals surface area contributed by atoms with Crippen molar-refractivity contribution in [2.75, 3.05) is 13.7 Å². The first kappa shape index (κ1) is 15.7. The van der Waals surface area contributed by atoms with E-state index in [-0.39, 0.29) is 13.0 Å². The largest absolute Gasteiger partial charge is 0.423 e. The second kappa shape index (κ2) is 5.62. The normalized spacial score (nSPS) is 26.2. The molecule has 3 atom stereocenters. The van der Waals surface area contributed by atoms with Crippen LogP contribution in [0, 0.1) is 0 Å². The number of halogens is 3. The van der Waals surface area contributed by atoms with Crippen molar-refractivity contribution >= 4 is 0 Å². The summed E-state index contributed by atoms with van der Waals surface area (Å²) in [5, 5.41) is 9.71. The van der Waals surface area contributed by atoms with Gasteiger partial charge in [0.15, 0.2) is 0 Å². The second-order valence-corrected chi connectivity index (χ2v) is 4.59. The second-order valence-electron chi connectivity index (χ2n) is 4.59. The van der Waals surface area contributed by atoms with Gasteiger partial charge in [-0.05, 0) is 0 Å². The predicted octanol–water partition coefficient (Wildman–Crippen LogP) is -0.150. The molecule has 1 saturated heterocycles. The Morgan fingerprint density at radius 1 is 1.52 bits per heavy atom. The van der Waals surface area contributed by atoms with Gasteiger partial charge >= 0.3 is 11.9 Å². The predicted molar refractivity (Wildman–Crippen MR) is 62.7 cm³/mol. The van der Waals surface area contributed by atoms with Crippen molar-refractivity contribution in [2.24, 2.45) is 0 Å². The van der Waals surface area contributed by atoms with Crippen molar-refractivity contribution in [1.29, 1.82) is 0 Å². The lowest BCUT2D eigenvalue weighted by Gasteiger charge is -2.16. The minimum Gasteiger partial charge on any atom is -0.390 e. The number of hydrogen-bond acceptors (Lipinski definition) is 5. The van der Waals surface area contributed by atoms with Crippen LogP contribution in [0.4, 0.5) is 13.2 Å². The molecule has 2 heterocycles. The van der Waals surface area contributed by atoms with Crippen LogP contribution in [0.25, 0.3) is 0 Å². The molecule has 7 nitrogen and oxygen atoms in total. The van der Waals surface area contributed by atoms with Crippen LogP contribution >= 0.6 is 0 Å². The Kier molecular flexibility index (Phi) is 4.21. The summed E-state index contributed by atoms with van der Waals surface area (Å²) in [6.07, 6.45) is -7.43. The van der Waals surface area contributed by atoms with E-state index in [1.165, 1.54) is 7.11 Å². The fourth-order valence-corrected chi connectivity index (χ4v) is 2.10. The number of rotatable bonds is 3. The minimum absolute atomic E-state index is 0.0297. The molecule has 2 rings (SSSR count). The fourth-order valence-electron chi connectivity index (χ4n) is 2.10. The maximum absolute atomic E-state index is 12.7. The van der Waals surface area contributed by atoms with Gasteiger partial charge in [0.1, 0.15) is 17.9 Å². The highest BCUT2D eigenvalue weighted by Gasteiger charge is 2.38. The van der Waals surface area contributed by atoms with Gasteiger partial charge < -0.3 is 14.6 Å². The Morgan fingerprint density at radius 2 is 2.19 bits per heavy atom. The van der Waals surface area contributed by atoms with Crippen LogP contribution in [-0.4, -0.2) is 40.6 Å². The molecule has 118 valence electrons. The van der Waals surface area contributed by atoms with E-state index in [0.29, 0.717) is 10.8 Å². The van der Waals surface area contributed by atoms with E-state index >= 15 is 0 Å². The lowest BCUT2D eigenvalue weighted by molar-refractivity contribution is -0.139. The molecule has 0 aromatic carbocycles. The van der Waals surface area contributed by atoms with E-state index in [4.69, 9.17) is 9.47 Å². The summed E-state index contributed by atoms with van der Waals surface area (Å²) < 4.78 is 48.7. The SMILES string of the molecule is COC[C@H]1OC(n2cc(C(F)(F)F)c(=O)[nH]c2=O)C[C@@H]1O. The van der Waals surface area contributed by atoms with Crippen molar-refractivity contribution in [1.82, 2.24) is 9.55 Å². The molecular formula is C11H13F3N2O5. The van der Waals surface area contributed by atoms with Gasteiger partial charge in [-0.2, -0.15) is 13.2 Å². The van der Waals surface area contributed by atoms with Crippen LogP contribution in [0.1, 0.15) is 18.2 Å². The maximum Gasteiger partial charge on any atom is 0.423 e. The lowest BCUT2D eigenvalue weighted by atomic mass is 10.2. The zero-order valence-corrected chi connectivity index (χ0v) is 10.9. The van der Waals surface area contributed by atoms with Gasteiger partial charge in [0, 0.05) is 19.7 Å². The highest BCUT2D eigenvalue weighted by atomic mass is 19.4. The number of methoxy groups -OCH3 is 1. The van der Waals surface area contributed by atoms with Gasteiger partial charge in [-0.3, -0.25) is 14.3 Å². The number of aromatic amines is 1. The number of aliphatic hydroxyl groups is 1. The van der Waals surface area contributed by atoms with Crippen molar-refractivity contribution in [3.8, 4) is 0 Å². The summed E-state index contributed by atoms with van der Waals surface area (Å²) in [7, 11) is 1.37. The summed E-state index contributed by atoms with van der Waals surface area (Å²) in [6, 6.07) is 0. The average Bonchev–Trinajstić information content (AvgIpc) is 2.69. The van der Waals surface area contributed by atoms with E-state index in [2.05, 4.69) is 0 Å². The van der Waals surface area contributed by atoms with Crippen LogP contribution in [-0.2, 0) is 15.7 Å². The van der Waals surface area contributed by atoms with E-state index in [9.17, 15) is 27.9 Å². The topological polar surface area (TPSA) is 93.5 Å². The molecule has 1 aliphatic heterocycles. The number of aromatic nitrogens is 2. The maximum atomic E-state index is 12.7. The van der Waals surface area contributed by atoms with Gasteiger partial charge in [-0.1, -0.05) is 0 Å². The molecule has 1 unspecified atom stereocenters. The first-order valence-electron chi connectivity index (χ1n) is 5.99. The Hall–Kier alpha value is -1.65. The summed E-state index contributed by atoms with van der Waals surface area (Å²) in [5.41, 5.74) is -4.06. The third-order valence-corrected chi connectivity index (χ3v) is 3.12. The number of alkyl halides is 3. The van der Waals surface area contributed by atoms with Crippen LogP contribution in [0.3, 0.4) is 0 Å². The molecule has 0 aliphatic carbocycles. The Balaban J connectivity index is 2.37. The van der Waals surface area contributed by atoms with Crippen molar-refractivity contribution in [3.05, 3.63) is 32.6 Å². The first-order chi connectivity index (χ1) is 9.74. The summed E-state index contributed by atoms with van der Waals surface area (Å²) in [4.78, 5) is 24.4. The van der Waals surface area contributed by atoms with Crippen LogP contribution in [0.2, 0.25) is 0 Å². The average molecular weight is 310 g/mol. The standard InChI is InChI=1S/C11H13F3N2O5/c1-20-4-7-6(17)2-8(21-7)16-3-5(11(12,13)14)9(18)15-10(16)19/h3,6-8,17H,2,4H2,1H3,(H,15,18,19)/t6-,7+,8?/m0/s1. The molecule has 1 aliphatic rings. The van der Waals surface area contributed by atoms with E-state index in [1.54, 1.807) is 4.98 Å². The van der Waals surface area contributed by atoms with Crippen molar-refractivity contribution < 1.29 is 27.8 Å². The third kappa shape index (κ3) is 3.17. The number of nitrogens with one attached hydrogen (secondary N) is 1. The zero-order chi connectivity index (χ0) is 15.8. The van der Waals surface area contributed by atoms with Gasteiger partial charge in [0.05, 0.1) is 12.7 Å². The van der Waals surface area contributed by atoms with Crippen LogP contribution in [0.5, 0.6) is 0 Å². The molecule has 0 saturated carbocycles. The lowest BCUT2D eigenvalue weighted by Crippen LogP contribution is -2.36. The Bertz CT molecular complexity index is 624. The molecule has 1 aromatic rings. The minimum atomic E-state index is -4.90. The Morgan fingerprint density at radius 3 is 2.76 bits per heavy atom. The molecule has 1 aromatic heterocycles. The molecule has 0 radical (unpaired) electrons. The molecule has 0 spiro atoms. The summed E-state index contributed by atoms with van der Waals surface area (Å²) in [5.74, 6) is 0. The van der Waals surface area contributed by atoms with Gasteiger partial charge in [0.25, 0.3) is 5.56 Å². The van der Waals surface area contributed by atoms with Crippen LogP contribution < -0.4 is 11.2 Å². The Labute approximate surface area is 115 Å². The molecule has 21 heavy (non-hydrogen) atoms. The van der Waals surface area contributed by atoms with Crippen molar-refractivity contribution in [3.63, 3.8) is 0 Å². The highest BCUT2D eigenvalue weighted by molar-refractivity contribution is 5.09. The summed E-state index contributed by atoms with van der Waals surface area (Å²) >= 11 is 0. The van der Waals surface area contributed by atoms with E-state index in [0.717, 1.165) is 0 Å². The molecule has 0 bridgehead atoms. The van der Waals surface area contributed by atoms with Crippen molar-refractivity contribution in [2.45, 2.75) is 31.0 Å². The molecular weight excluding hydrogens is 297 g/mol. The van der Waals surface area contributed by atoms with E-state index in [1.807, 2.05) is 0 Å². The van der Waals surface area contributed by atoms with Gasteiger partial charge in [0.2, 0.25) is 0 Å². The monoisotopic (exact) mass is 310 g/mol. The molecule has 0 amide bonds. The highest BCUT2D eigenvalue weighted by Crippen LogP contribution is 2.30. The number of aliphatic hydroxyl groups excluding tert-OH is 1. The summed E-state index contributed by atoms with van der Waals surface area (Å²) in [6.45, 7) is 0.0297. The van der Waals surface area contributed by atoms with Gasteiger partial charge in [-0.25, -0.2) is 4.79 Å². The van der Waals surface area contributed by atoms with E-state index < -0.39 is 41.4 Å². The van der Waals surface area contributed by atoms with Crippen LogP contribution in [0.15, 0.2) is 15.8 Å². The number of nitrogens with zero attached hydrogens (tertiary/aromatic N) is 1. The third-order valence-electron chi connectivity index (χ3n) is 3.12.